The van der Waals surface area contributed by atoms with Gasteiger partial charge in [0.15, 0.2) is 0 Å². The summed E-state index contributed by atoms with van der Waals surface area (Å²) in [5.41, 5.74) is 0.330. The SMILES string of the molecule is CC[C@]1(c2ccc(F)cc2)NC(=O)N(Cc2ccccc2C#N)C1=O. The van der Waals surface area contributed by atoms with E-state index in [9.17, 15) is 19.2 Å². The van der Waals surface area contributed by atoms with E-state index in [0.717, 1.165) is 4.90 Å². The van der Waals surface area contributed by atoms with E-state index < -0.39 is 23.3 Å². The minimum atomic E-state index is -1.22. The average molecular weight is 337 g/mol. The van der Waals surface area contributed by atoms with Gasteiger partial charge in [-0.2, -0.15) is 5.26 Å². The molecule has 0 aliphatic carbocycles. The van der Waals surface area contributed by atoms with Crippen molar-refractivity contribution in [3.05, 3.63) is 71.0 Å². The fraction of sp³-hybridized carbons (Fsp3) is 0.211. The van der Waals surface area contributed by atoms with Crippen LogP contribution < -0.4 is 5.32 Å². The van der Waals surface area contributed by atoms with Crippen LogP contribution in [0, 0.1) is 17.1 Å². The van der Waals surface area contributed by atoms with E-state index in [4.69, 9.17) is 0 Å². The molecule has 1 saturated heterocycles. The average Bonchev–Trinajstić information content (AvgIpc) is 2.88. The number of imide groups is 1. The van der Waals surface area contributed by atoms with Gasteiger partial charge in [-0.05, 0) is 35.7 Å². The first-order valence-electron chi connectivity index (χ1n) is 7.90. The van der Waals surface area contributed by atoms with E-state index in [0.29, 0.717) is 23.1 Å². The lowest BCUT2D eigenvalue weighted by Crippen LogP contribution is -2.43. The Bertz CT molecular complexity index is 873. The topological polar surface area (TPSA) is 73.2 Å². The number of nitrogens with zero attached hydrogens (tertiary/aromatic N) is 2. The molecule has 3 rings (SSSR count). The Morgan fingerprint density at radius 1 is 1.16 bits per heavy atom. The summed E-state index contributed by atoms with van der Waals surface area (Å²) in [6.45, 7) is 1.80. The van der Waals surface area contributed by atoms with E-state index >= 15 is 0 Å². The minimum absolute atomic E-state index is 0.0113. The highest BCUT2D eigenvalue weighted by molar-refractivity contribution is 6.07. The van der Waals surface area contributed by atoms with Crippen LogP contribution in [0.5, 0.6) is 0 Å². The minimum Gasteiger partial charge on any atom is -0.319 e. The Hall–Kier alpha value is -3.20. The second-order valence-electron chi connectivity index (χ2n) is 5.86. The van der Waals surface area contributed by atoms with Crippen LogP contribution in [0.2, 0.25) is 0 Å². The molecule has 0 spiro atoms. The Kier molecular flexibility index (Phi) is 4.24. The summed E-state index contributed by atoms with van der Waals surface area (Å²) in [4.78, 5) is 26.6. The third-order valence-corrected chi connectivity index (χ3v) is 4.51. The van der Waals surface area contributed by atoms with Crippen molar-refractivity contribution in [2.75, 3.05) is 0 Å². The van der Waals surface area contributed by atoms with Crippen LogP contribution in [0.3, 0.4) is 0 Å². The molecule has 0 aromatic heterocycles. The van der Waals surface area contributed by atoms with Gasteiger partial charge in [0.1, 0.15) is 11.4 Å². The number of nitriles is 1. The molecule has 1 heterocycles. The normalized spacial score (nSPS) is 19.6. The lowest BCUT2D eigenvalue weighted by Gasteiger charge is -2.25. The van der Waals surface area contributed by atoms with E-state index in [1.807, 2.05) is 0 Å². The molecule has 126 valence electrons. The molecule has 1 aliphatic heterocycles. The van der Waals surface area contributed by atoms with Crippen molar-refractivity contribution in [2.45, 2.75) is 25.4 Å². The Morgan fingerprint density at radius 3 is 2.48 bits per heavy atom. The van der Waals surface area contributed by atoms with Gasteiger partial charge in [0, 0.05) is 0 Å². The van der Waals surface area contributed by atoms with Crippen LogP contribution >= 0.6 is 0 Å². The van der Waals surface area contributed by atoms with Crippen LogP contribution in [0.15, 0.2) is 48.5 Å². The number of carbonyl (C=O) groups excluding carboxylic acids is 2. The van der Waals surface area contributed by atoms with Crippen molar-refractivity contribution < 1.29 is 14.0 Å². The van der Waals surface area contributed by atoms with Crippen LogP contribution in [-0.4, -0.2) is 16.8 Å². The number of urea groups is 1. The van der Waals surface area contributed by atoms with Gasteiger partial charge < -0.3 is 5.32 Å². The van der Waals surface area contributed by atoms with E-state index in [2.05, 4.69) is 11.4 Å². The van der Waals surface area contributed by atoms with Crippen LogP contribution in [0.1, 0.15) is 30.0 Å². The largest absolute Gasteiger partial charge is 0.325 e. The fourth-order valence-corrected chi connectivity index (χ4v) is 3.08. The molecular weight excluding hydrogens is 321 g/mol. The van der Waals surface area contributed by atoms with Crippen molar-refractivity contribution in [3.63, 3.8) is 0 Å². The highest BCUT2D eigenvalue weighted by atomic mass is 19.1. The van der Waals surface area contributed by atoms with Gasteiger partial charge in [0.25, 0.3) is 5.91 Å². The van der Waals surface area contributed by atoms with Gasteiger partial charge in [0.05, 0.1) is 18.2 Å². The molecule has 25 heavy (non-hydrogen) atoms. The van der Waals surface area contributed by atoms with Crippen molar-refractivity contribution >= 4 is 11.9 Å². The molecule has 0 saturated carbocycles. The third kappa shape index (κ3) is 2.74. The van der Waals surface area contributed by atoms with Crippen molar-refractivity contribution in [2.24, 2.45) is 0 Å². The van der Waals surface area contributed by atoms with Gasteiger partial charge in [-0.25, -0.2) is 9.18 Å². The Morgan fingerprint density at radius 2 is 1.84 bits per heavy atom. The van der Waals surface area contributed by atoms with E-state index in [-0.39, 0.29) is 6.54 Å². The molecule has 0 unspecified atom stereocenters. The quantitative estimate of drug-likeness (QED) is 0.872. The van der Waals surface area contributed by atoms with Gasteiger partial charge in [-0.3, -0.25) is 9.69 Å². The smallest absolute Gasteiger partial charge is 0.319 e. The molecule has 6 heteroatoms. The number of hydrogen-bond acceptors (Lipinski definition) is 3. The third-order valence-electron chi connectivity index (χ3n) is 4.51. The van der Waals surface area contributed by atoms with Crippen molar-refractivity contribution in [1.82, 2.24) is 10.2 Å². The van der Waals surface area contributed by atoms with Gasteiger partial charge in [-0.1, -0.05) is 37.3 Å². The second-order valence-corrected chi connectivity index (χ2v) is 5.86. The molecule has 0 bridgehead atoms. The molecule has 1 N–H and O–H groups in total. The van der Waals surface area contributed by atoms with Crippen molar-refractivity contribution in [1.29, 1.82) is 5.26 Å². The van der Waals surface area contributed by atoms with E-state index in [1.165, 1.54) is 24.3 Å². The molecule has 2 aromatic rings. The summed E-state index contributed by atoms with van der Waals surface area (Å²) >= 11 is 0. The summed E-state index contributed by atoms with van der Waals surface area (Å²) in [7, 11) is 0. The Labute approximate surface area is 144 Å². The summed E-state index contributed by atoms with van der Waals surface area (Å²) < 4.78 is 13.2. The van der Waals surface area contributed by atoms with Gasteiger partial charge in [0.2, 0.25) is 0 Å². The van der Waals surface area contributed by atoms with Crippen molar-refractivity contribution in [3.8, 4) is 6.07 Å². The molecule has 1 aliphatic rings. The zero-order valence-electron chi connectivity index (χ0n) is 13.6. The number of halogens is 1. The summed E-state index contributed by atoms with van der Waals surface area (Å²) in [6.07, 6.45) is 0.333. The maximum absolute atomic E-state index is 13.2. The van der Waals surface area contributed by atoms with Crippen LogP contribution in [-0.2, 0) is 16.9 Å². The van der Waals surface area contributed by atoms with E-state index in [1.54, 1.807) is 31.2 Å². The maximum Gasteiger partial charge on any atom is 0.325 e. The summed E-state index contributed by atoms with van der Waals surface area (Å²) in [5, 5.41) is 11.9. The standard InChI is InChI=1S/C19H16FN3O2/c1-2-19(15-7-9-16(20)10-8-15)17(24)23(18(25)22-19)12-14-6-4-3-5-13(14)11-21/h3-10H,2,12H2,1H3,(H,22,25)/t19-/m1/s1. The number of hydrogen-bond donors (Lipinski definition) is 1. The predicted octanol–water partition coefficient (Wildman–Crippen LogP) is 3.05. The summed E-state index contributed by atoms with van der Waals surface area (Å²) in [5.74, 6) is -0.814. The molecule has 0 radical (unpaired) electrons. The lowest BCUT2D eigenvalue weighted by atomic mass is 9.87. The van der Waals surface area contributed by atoms with Crippen LogP contribution in [0.4, 0.5) is 9.18 Å². The first-order valence-corrected chi connectivity index (χ1v) is 7.90. The molecule has 1 fully saturated rings. The lowest BCUT2D eigenvalue weighted by molar-refractivity contribution is -0.132. The predicted molar refractivity (Wildman–Crippen MR) is 88.6 cm³/mol. The highest BCUT2D eigenvalue weighted by Crippen LogP contribution is 2.33. The van der Waals surface area contributed by atoms with Gasteiger partial charge >= 0.3 is 6.03 Å². The zero-order chi connectivity index (χ0) is 18.0. The second kappa shape index (κ2) is 6.36. The molecular formula is C19H16FN3O2. The number of rotatable bonds is 4. The number of carbonyl (C=O) groups is 2. The molecule has 5 nitrogen and oxygen atoms in total. The highest BCUT2D eigenvalue weighted by Gasteiger charge is 2.51. The summed E-state index contributed by atoms with van der Waals surface area (Å²) in [6, 6.07) is 13.9. The first kappa shape index (κ1) is 16.7. The molecule has 2 aromatic carbocycles. The number of nitrogens with one attached hydrogen (secondary N) is 1. The maximum atomic E-state index is 13.2. The number of amides is 3. The van der Waals surface area contributed by atoms with Gasteiger partial charge in [-0.15, -0.1) is 0 Å². The fourth-order valence-electron chi connectivity index (χ4n) is 3.08. The van der Waals surface area contributed by atoms with Crippen LogP contribution in [0.25, 0.3) is 0 Å². The first-order chi connectivity index (χ1) is 12.0. The number of benzene rings is 2. The Balaban J connectivity index is 1.96. The zero-order valence-corrected chi connectivity index (χ0v) is 13.6. The molecule has 3 amide bonds. The molecule has 1 atom stereocenters. The monoisotopic (exact) mass is 337 g/mol.